The topological polar surface area (TPSA) is 0 Å². The predicted molar refractivity (Wildman–Crippen MR) is 151 cm³/mol. The largest absolute Gasteiger partial charge is 0.0622 e. The molecule has 0 aromatic heterocycles. The van der Waals surface area contributed by atoms with Crippen molar-refractivity contribution in [2.45, 2.75) is 32.6 Å². The van der Waals surface area contributed by atoms with Crippen molar-refractivity contribution < 1.29 is 0 Å². The first-order valence-corrected chi connectivity index (χ1v) is 13.1. The fourth-order valence-electron chi connectivity index (χ4n) is 7.09. The van der Waals surface area contributed by atoms with E-state index in [9.17, 15) is 0 Å². The van der Waals surface area contributed by atoms with Crippen LogP contribution >= 0.6 is 0 Å². The Hall–Kier alpha value is -3.90. The van der Waals surface area contributed by atoms with Gasteiger partial charge in [0.15, 0.2) is 0 Å². The van der Waals surface area contributed by atoms with E-state index in [1.165, 1.54) is 66.8 Å². The summed E-state index contributed by atoms with van der Waals surface area (Å²) in [5.41, 5.74) is 16.8. The predicted octanol–water partition coefficient (Wildman–Crippen LogP) is 9.20. The van der Waals surface area contributed by atoms with Crippen LogP contribution in [0.1, 0.15) is 47.2 Å². The van der Waals surface area contributed by atoms with E-state index in [1.54, 1.807) is 0 Å². The first-order chi connectivity index (χ1) is 17.6. The fourth-order valence-corrected chi connectivity index (χ4v) is 7.09. The molecule has 0 spiro atoms. The second kappa shape index (κ2) is 7.80. The summed E-state index contributed by atoms with van der Waals surface area (Å²) in [6.07, 6.45) is 0.981. The molecule has 7 rings (SSSR count). The molecule has 174 valence electrons. The third kappa shape index (κ3) is 2.76. The van der Waals surface area contributed by atoms with Crippen LogP contribution < -0.4 is 0 Å². The minimum atomic E-state index is -0.142. The second-order valence-electron chi connectivity index (χ2n) is 10.8. The molecule has 1 atom stereocenters. The lowest BCUT2D eigenvalue weighted by Gasteiger charge is -2.37. The summed E-state index contributed by atoms with van der Waals surface area (Å²) >= 11 is 0. The van der Waals surface area contributed by atoms with Gasteiger partial charge in [-0.1, -0.05) is 129 Å². The summed E-state index contributed by atoms with van der Waals surface area (Å²) in [6, 6.07) is 41.0. The Morgan fingerprint density at radius 1 is 0.556 bits per heavy atom. The molecule has 36 heavy (non-hydrogen) atoms. The first kappa shape index (κ1) is 21.4. The lowest BCUT2D eigenvalue weighted by molar-refractivity contribution is 0.447. The highest BCUT2D eigenvalue weighted by molar-refractivity contribution is 5.95. The van der Waals surface area contributed by atoms with E-state index < -0.39 is 0 Å². The Balaban J connectivity index is 1.50. The Morgan fingerprint density at radius 2 is 1.22 bits per heavy atom. The van der Waals surface area contributed by atoms with Gasteiger partial charge in [-0.15, -0.1) is 0 Å². The van der Waals surface area contributed by atoms with E-state index in [0.717, 1.165) is 6.42 Å². The van der Waals surface area contributed by atoms with Gasteiger partial charge in [0.1, 0.15) is 0 Å². The van der Waals surface area contributed by atoms with Gasteiger partial charge in [0.25, 0.3) is 0 Å². The van der Waals surface area contributed by atoms with E-state index >= 15 is 0 Å². The van der Waals surface area contributed by atoms with Crippen LogP contribution in [0.5, 0.6) is 0 Å². The van der Waals surface area contributed by atoms with Crippen LogP contribution in [-0.2, 0) is 11.8 Å². The monoisotopic (exact) mass is 462 g/mol. The minimum absolute atomic E-state index is 0.142. The highest BCUT2D eigenvalue weighted by Crippen LogP contribution is 2.59. The van der Waals surface area contributed by atoms with Crippen LogP contribution in [0.2, 0.25) is 0 Å². The molecule has 2 aliphatic rings. The second-order valence-corrected chi connectivity index (χ2v) is 10.8. The van der Waals surface area contributed by atoms with Gasteiger partial charge in [-0.25, -0.2) is 0 Å². The minimum Gasteiger partial charge on any atom is -0.0622 e. The maximum Gasteiger partial charge on any atom is 0.0486 e. The quantitative estimate of drug-likeness (QED) is 0.246. The zero-order valence-corrected chi connectivity index (χ0v) is 21.2. The molecule has 0 aliphatic heterocycles. The van der Waals surface area contributed by atoms with Gasteiger partial charge in [0.05, 0.1) is 0 Å². The third-order valence-electron chi connectivity index (χ3n) is 8.64. The highest BCUT2D eigenvalue weighted by Gasteiger charge is 2.48. The van der Waals surface area contributed by atoms with Crippen LogP contribution in [0.3, 0.4) is 0 Å². The van der Waals surface area contributed by atoms with E-state index in [4.69, 9.17) is 0 Å². The normalized spacial score (nSPS) is 17.0. The van der Waals surface area contributed by atoms with Gasteiger partial charge in [0, 0.05) is 5.41 Å². The van der Waals surface area contributed by atoms with Gasteiger partial charge in [-0.2, -0.15) is 0 Å². The molecular weight excluding hydrogens is 432 g/mol. The van der Waals surface area contributed by atoms with Crippen molar-refractivity contribution in [3.63, 3.8) is 0 Å². The van der Waals surface area contributed by atoms with Crippen molar-refractivity contribution in [1.29, 1.82) is 0 Å². The number of hydrogen-bond acceptors (Lipinski definition) is 0. The lowest BCUT2D eigenvalue weighted by Crippen LogP contribution is -2.33. The molecule has 0 heteroatoms. The number of rotatable bonds is 3. The van der Waals surface area contributed by atoms with Crippen LogP contribution in [-0.4, -0.2) is 0 Å². The summed E-state index contributed by atoms with van der Waals surface area (Å²) in [5.74, 6) is 0.423. The molecule has 0 heterocycles. The van der Waals surface area contributed by atoms with Gasteiger partial charge in [0.2, 0.25) is 0 Å². The van der Waals surface area contributed by atoms with Crippen molar-refractivity contribution in [3.05, 3.63) is 143 Å². The Labute approximate surface area is 214 Å². The molecule has 0 fully saturated rings. The van der Waals surface area contributed by atoms with Gasteiger partial charge < -0.3 is 0 Å². The first-order valence-electron chi connectivity index (χ1n) is 13.1. The zero-order chi connectivity index (χ0) is 24.4. The van der Waals surface area contributed by atoms with E-state index in [-0.39, 0.29) is 5.41 Å². The molecule has 5 aromatic carbocycles. The van der Waals surface area contributed by atoms with Gasteiger partial charge >= 0.3 is 0 Å². The molecule has 0 saturated heterocycles. The maximum atomic E-state index is 2.44. The zero-order valence-electron chi connectivity index (χ0n) is 21.2. The summed E-state index contributed by atoms with van der Waals surface area (Å²) in [4.78, 5) is 0. The highest BCUT2D eigenvalue weighted by atomic mass is 14.5. The smallest absolute Gasteiger partial charge is 0.0486 e. The Kier molecular flexibility index (Phi) is 4.63. The summed E-state index contributed by atoms with van der Waals surface area (Å²) in [6.45, 7) is 6.93. The summed E-state index contributed by atoms with van der Waals surface area (Å²) in [5, 5.41) is 0. The molecule has 1 unspecified atom stereocenters. The van der Waals surface area contributed by atoms with Crippen molar-refractivity contribution in [2.75, 3.05) is 0 Å². The number of benzene rings is 5. The van der Waals surface area contributed by atoms with Crippen LogP contribution in [0, 0.1) is 12.8 Å². The maximum absolute atomic E-state index is 2.44. The van der Waals surface area contributed by atoms with Crippen molar-refractivity contribution in [3.8, 4) is 33.4 Å². The fraction of sp³-hybridized carbons (Fsp3) is 0.167. The number of aryl methyl sites for hydroxylation is 1. The van der Waals surface area contributed by atoms with Crippen molar-refractivity contribution in [2.24, 2.45) is 5.92 Å². The van der Waals surface area contributed by atoms with Crippen molar-refractivity contribution in [1.82, 2.24) is 0 Å². The molecule has 0 bridgehead atoms. The molecule has 0 nitrogen and oxygen atoms in total. The van der Waals surface area contributed by atoms with Gasteiger partial charge in [-0.05, 0) is 80.5 Å². The van der Waals surface area contributed by atoms with Crippen LogP contribution in [0.4, 0.5) is 0 Å². The van der Waals surface area contributed by atoms with Crippen LogP contribution in [0.25, 0.3) is 33.4 Å². The summed E-state index contributed by atoms with van der Waals surface area (Å²) < 4.78 is 0. The average Bonchev–Trinajstić information content (AvgIpc) is 3.44. The average molecular weight is 463 g/mol. The number of fused-ring (bicyclic) bond motifs is 7. The molecular formula is C36H30. The van der Waals surface area contributed by atoms with Crippen LogP contribution in [0.15, 0.2) is 109 Å². The van der Waals surface area contributed by atoms with E-state index in [0.29, 0.717) is 5.92 Å². The molecule has 2 aliphatic carbocycles. The Morgan fingerprint density at radius 3 is 2.00 bits per heavy atom. The van der Waals surface area contributed by atoms with Crippen molar-refractivity contribution >= 4 is 0 Å². The standard InChI is InChI=1S/C36H30/c1-23(2)36(26-10-5-4-6-11-26)33-15-8-7-12-30(33)35-32-22-31-27(25-18-16-24(3)17-19-25)13-9-14-28(31)29(32)20-21-34(35)36/h4-21,23H,22H2,1-3H3. The summed E-state index contributed by atoms with van der Waals surface area (Å²) in [7, 11) is 0. The Bertz CT molecular complexity index is 1620. The lowest BCUT2D eigenvalue weighted by atomic mass is 9.65. The molecule has 0 amide bonds. The molecule has 5 aromatic rings. The molecule has 0 saturated carbocycles. The molecule has 0 N–H and O–H groups in total. The SMILES string of the molecule is Cc1ccc(-c2cccc3c2Cc2c-3ccc3c2-c2ccccc2C3(c2ccccc2)C(C)C)cc1. The van der Waals surface area contributed by atoms with Gasteiger partial charge in [-0.3, -0.25) is 0 Å². The molecule has 0 radical (unpaired) electrons. The van der Waals surface area contributed by atoms with E-state index in [2.05, 4.69) is 130 Å². The third-order valence-corrected chi connectivity index (χ3v) is 8.64. The van der Waals surface area contributed by atoms with E-state index in [1.807, 2.05) is 0 Å². The number of hydrogen-bond donors (Lipinski definition) is 0.